The van der Waals surface area contributed by atoms with Crippen LogP contribution in [0, 0.1) is 0 Å². The van der Waals surface area contributed by atoms with Gasteiger partial charge < -0.3 is 14.2 Å². The number of aromatic nitrogens is 2. The third-order valence-corrected chi connectivity index (χ3v) is 3.59. The molecule has 2 amide bonds. The minimum absolute atomic E-state index is 0.0246. The minimum atomic E-state index is -4.60. The molecule has 0 atom stereocenters. The Balaban J connectivity index is 2.00. The maximum Gasteiger partial charge on any atom is 0.406 e. The fraction of sp³-hybridized carbons (Fsp3) is 0.412. The molecular weight excluding hydrogens is 365 g/mol. The van der Waals surface area contributed by atoms with Gasteiger partial charge in [0.1, 0.15) is 13.1 Å². The summed E-state index contributed by atoms with van der Waals surface area (Å²) in [6.45, 7) is -2.14. The molecule has 0 radical (unpaired) electrons. The van der Waals surface area contributed by atoms with Crippen LogP contribution in [0.5, 0.6) is 0 Å². The van der Waals surface area contributed by atoms with Gasteiger partial charge in [0.25, 0.3) is 0 Å². The first-order valence-electron chi connectivity index (χ1n) is 8.08. The number of rotatable bonds is 7. The zero-order valence-electron chi connectivity index (χ0n) is 14.9. The molecule has 7 nitrogen and oxygen atoms in total. The highest BCUT2D eigenvalue weighted by Crippen LogP contribution is 2.19. The summed E-state index contributed by atoms with van der Waals surface area (Å²) in [4.78, 5) is 25.5. The van der Waals surface area contributed by atoms with Gasteiger partial charge in [-0.25, -0.2) is 0 Å². The quantitative estimate of drug-likeness (QED) is 0.731. The number of carbonyl (C=O) groups is 2. The molecule has 27 heavy (non-hydrogen) atoms. The van der Waals surface area contributed by atoms with Gasteiger partial charge in [0.2, 0.25) is 23.6 Å². The molecule has 146 valence electrons. The maximum atomic E-state index is 12.7. The van der Waals surface area contributed by atoms with Crippen LogP contribution in [0.15, 0.2) is 34.7 Å². The highest BCUT2D eigenvalue weighted by Gasteiger charge is 2.34. The van der Waals surface area contributed by atoms with Gasteiger partial charge in [-0.2, -0.15) is 13.2 Å². The van der Waals surface area contributed by atoms with Crippen molar-refractivity contribution in [3.05, 3.63) is 36.2 Å². The summed E-state index contributed by atoms with van der Waals surface area (Å²) in [5.74, 6) is -1.03. The van der Waals surface area contributed by atoms with Crippen molar-refractivity contribution in [2.24, 2.45) is 0 Å². The molecule has 0 N–H and O–H groups in total. The first-order valence-corrected chi connectivity index (χ1v) is 8.08. The fourth-order valence-corrected chi connectivity index (χ4v) is 2.18. The summed E-state index contributed by atoms with van der Waals surface area (Å²) in [5, 5.41) is 7.66. The van der Waals surface area contributed by atoms with Crippen LogP contribution >= 0.6 is 0 Å². The second kappa shape index (κ2) is 8.65. The van der Waals surface area contributed by atoms with Crippen molar-refractivity contribution < 1.29 is 27.2 Å². The molecule has 0 aliphatic heterocycles. The lowest BCUT2D eigenvalue weighted by Gasteiger charge is -2.24. The van der Waals surface area contributed by atoms with E-state index in [1.807, 2.05) is 6.07 Å². The van der Waals surface area contributed by atoms with E-state index in [4.69, 9.17) is 4.42 Å². The molecule has 0 aliphatic carbocycles. The smallest absolute Gasteiger partial charge is 0.406 e. The van der Waals surface area contributed by atoms with E-state index < -0.39 is 31.1 Å². The van der Waals surface area contributed by atoms with Crippen LogP contribution in [0.4, 0.5) is 13.2 Å². The first-order chi connectivity index (χ1) is 12.7. The summed E-state index contributed by atoms with van der Waals surface area (Å²) >= 11 is 0. The molecule has 2 aromatic rings. The Labute approximate surface area is 153 Å². The van der Waals surface area contributed by atoms with Gasteiger partial charge in [0.15, 0.2) is 0 Å². The van der Waals surface area contributed by atoms with E-state index in [0.717, 1.165) is 4.90 Å². The topological polar surface area (TPSA) is 79.5 Å². The van der Waals surface area contributed by atoms with E-state index >= 15 is 0 Å². The standard InChI is InChI=1S/C17H19F3N4O3/c1-23(2)15(26)10-24(11-17(18,19)20)14(25)9-8-13-21-22-16(27-13)12-6-4-3-5-7-12/h3-7H,8-11H2,1-2H3. The largest absolute Gasteiger partial charge is 0.421 e. The number of benzene rings is 1. The molecule has 0 spiro atoms. The van der Waals surface area contributed by atoms with Crippen LogP contribution in [0.3, 0.4) is 0 Å². The Kier molecular flexibility index (Phi) is 6.54. The number of hydrogen-bond donors (Lipinski definition) is 0. The lowest BCUT2D eigenvalue weighted by atomic mass is 10.2. The van der Waals surface area contributed by atoms with E-state index in [0.29, 0.717) is 10.5 Å². The molecule has 1 aromatic heterocycles. The van der Waals surface area contributed by atoms with Gasteiger partial charge in [0.05, 0.1) is 0 Å². The van der Waals surface area contributed by atoms with Crippen molar-refractivity contribution in [1.29, 1.82) is 0 Å². The van der Waals surface area contributed by atoms with E-state index in [2.05, 4.69) is 10.2 Å². The highest BCUT2D eigenvalue weighted by molar-refractivity contribution is 5.84. The molecule has 10 heteroatoms. The molecule has 0 bridgehead atoms. The molecule has 0 unspecified atom stereocenters. The predicted octanol–water partition coefficient (Wildman–Crippen LogP) is 2.15. The zero-order chi connectivity index (χ0) is 20.0. The van der Waals surface area contributed by atoms with Crippen molar-refractivity contribution >= 4 is 11.8 Å². The average Bonchev–Trinajstić information content (AvgIpc) is 3.07. The molecule has 2 rings (SSSR count). The monoisotopic (exact) mass is 384 g/mol. The molecule has 0 aliphatic rings. The highest BCUT2D eigenvalue weighted by atomic mass is 19.4. The second-order valence-corrected chi connectivity index (χ2v) is 6.02. The SMILES string of the molecule is CN(C)C(=O)CN(CC(F)(F)F)C(=O)CCc1nnc(-c2ccccc2)o1. The number of carbonyl (C=O) groups excluding carboxylic acids is 2. The van der Waals surface area contributed by atoms with Crippen molar-refractivity contribution in [2.45, 2.75) is 19.0 Å². The van der Waals surface area contributed by atoms with Crippen molar-refractivity contribution in [2.75, 3.05) is 27.2 Å². The summed E-state index contributed by atoms with van der Waals surface area (Å²) in [6, 6.07) is 8.93. The Morgan fingerprint density at radius 2 is 1.74 bits per heavy atom. The van der Waals surface area contributed by atoms with Crippen LogP contribution in [-0.2, 0) is 16.0 Å². The lowest BCUT2D eigenvalue weighted by molar-refractivity contribution is -0.164. The van der Waals surface area contributed by atoms with Gasteiger partial charge in [0, 0.05) is 32.5 Å². The third kappa shape index (κ3) is 6.39. The number of hydrogen-bond acceptors (Lipinski definition) is 5. The van der Waals surface area contributed by atoms with Crippen LogP contribution in [0.1, 0.15) is 12.3 Å². The molecule has 0 saturated carbocycles. The summed E-state index contributed by atoms with van der Waals surface area (Å²) < 4.78 is 43.6. The summed E-state index contributed by atoms with van der Waals surface area (Å²) in [7, 11) is 2.81. The molecule has 0 fully saturated rings. The normalized spacial score (nSPS) is 11.3. The number of halogens is 3. The van der Waals surface area contributed by atoms with Gasteiger partial charge in [-0.15, -0.1) is 10.2 Å². The molecule has 1 heterocycles. The van der Waals surface area contributed by atoms with Crippen molar-refractivity contribution in [3.63, 3.8) is 0 Å². The molecule has 1 aromatic carbocycles. The third-order valence-electron chi connectivity index (χ3n) is 3.59. The Morgan fingerprint density at radius 1 is 1.07 bits per heavy atom. The number of aryl methyl sites for hydroxylation is 1. The average molecular weight is 384 g/mol. The van der Waals surface area contributed by atoms with E-state index in [9.17, 15) is 22.8 Å². The maximum absolute atomic E-state index is 12.7. The first kappa shape index (κ1) is 20.4. The van der Waals surface area contributed by atoms with Gasteiger partial charge in [-0.05, 0) is 12.1 Å². The number of alkyl halides is 3. The predicted molar refractivity (Wildman–Crippen MR) is 89.4 cm³/mol. The Bertz CT molecular complexity index is 775. The van der Waals surface area contributed by atoms with Gasteiger partial charge >= 0.3 is 6.18 Å². The van der Waals surface area contributed by atoms with Crippen LogP contribution in [0.2, 0.25) is 0 Å². The Morgan fingerprint density at radius 3 is 2.33 bits per heavy atom. The second-order valence-electron chi connectivity index (χ2n) is 6.02. The van der Waals surface area contributed by atoms with Crippen molar-refractivity contribution in [3.8, 4) is 11.5 Å². The molecule has 0 saturated heterocycles. The van der Waals surface area contributed by atoms with Gasteiger partial charge in [-0.3, -0.25) is 9.59 Å². The zero-order valence-corrected chi connectivity index (χ0v) is 14.9. The van der Waals surface area contributed by atoms with Crippen LogP contribution in [0.25, 0.3) is 11.5 Å². The van der Waals surface area contributed by atoms with E-state index in [-0.39, 0.29) is 24.6 Å². The number of nitrogens with zero attached hydrogens (tertiary/aromatic N) is 4. The van der Waals surface area contributed by atoms with Gasteiger partial charge in [-0.1, -0.05) is 18.2 Å². The lowest BCUT2D eigenvalue weighted by Crippen LogP contribution is -2.44. The van der Waals surface area contributed by atoms with Crippen molar-refractivity contribution in [1.82, 2.24) is 20.0 Å². The molecular formula is C17H19F3N4O3. The summed E-state index contributed by atoms with van der Waals surface area (Å²) in [5.41, 5.74) is 0.692. The minimum Gasteiger partial charge on any atom is -0.421 e. The number of likely N-dealkylation sites (N-methyl/N-ethyl adjacent to an activating group) is 1. The van der Waals surface area contributed by atoms with Crippen LogP contribution < -0.4 is 0 Å². The fourth-order valence-electron chi connectivity index (χ4n) is 2.18. The summed E-state index contributed by atoms with van der Waals surface area (Å²) in [6.07, 6.45) is -4.91. The number of amides is 2. The Hall–Kier alpha value is -2.91. The van der Waals surface area contributed by atoms with E-state index in [1.54, 1.807) is 24.3 Å². The van der Waals surface area contributed by atoms with Crippen LogP contribution in [-0.4, -0.2) is 65.2 Å². The van der Waals surface area contributed by atoms with E-state index in [1.165, 1.54) is 14.1 Å².